The zero-order valence-electron chi connectivity index (χ0n) is 21.6. The number of β-amino-alcohol motifs (C(OH)–C–C–N with tert-alkyl or cyclic N) is 1. The molecule has 5 nitrogen and oxygen atoms in total. The maximum Gasteiger partial charge on any atom is 0.335 e. The van der Waals surface area contributed by atoms with Crippen molar-refractivity contribution in [2.45, 2.75) is 58.8 Å². The summed E-state index contributed by atoms with van der Waals surface area (Å²) >= 11 is 6.14. The molecule has 6 heteroatoms. The number of carboxylic acid groups (broad SMARTS) is 1. The number of hydrogen-bond donors (Lipinski definition) is 3. The van der Waals surface area contributed by atoms with Gasteiger partial charge in [0.05, 0.1) is 24.4 Å². The molecule has 192 valence electrons. The normalized spacial score (nSPS) is 13.4. The molecule has 0 bridgehead atoms. The molecule has 0 aliphatic carbocycles. The Morgan fingerprint density at radius 1 is 1.06 bits per heavy atom. The van der Waals surface area contributed by atoms with Gasteiger partial charge in [-0.3, -0.25) is 0 Å². The summed E-state index contributed by atoms with van der Waals surface area (Å²) in [5.41, 5.74) is 5.95. The molecule has 2 atom stereocenters. The average Bonchev–Trinajstić information content (AvgIpc) is 2.83. The fourth-order valence-corrected chi connectivity index (χ4v) is 4.49. The number of carbonyl (C=O) groups is 1. The van der Waals surface area contributed by atoms with Gasteiger partial charge in [-0.2, -0.15) is 0 Å². The third-order valence-electron chi connectivity index (χ3n) is 6.39. The number of ether oxygens (including phenoxy) is 1. The molecule has 0 saturated carbocycles. The highest BCUT2D eigenvalue weighted by atomic mass is 35.5. The molecule has 3 rings (SSSR count). The maximum absolute atomic E-state index is 11.4. The number of hydrogen-bond acceptors (Lipinski definition) is 4. The average molecular weight is 510 g/mol. The van der Waals surface area contributed by atoms with Crippen LogP contribution in [-0.4, -0.2) is 41.0 Å². The van der Waals surface area contributed by atoms with Crippen molar-refractivity contribution in [3.63, 3.8) is 0 Å². The van der Waals surface area contributed by atoms with Crippen molar-refractivity contribution in [2.24, 2.45) is 0 Å². The van der Waals surface area contributed by atoms with E-state index in [4.69, 9.17) is 16.3 Å². The van der Waals surface area contributed by atoms with E-state index in [1.54, 1.807) is 13.0 Å². The molecule has 1 unspecified atom stereocenters. The summed E-state index contributed by atoms with van der Waals surface area (Å²) in [5, 5.41) is 24.1. The van der Waals surface area contributed by atoms with Crippen molar-refractivity contribution in [3.05, 3.63) is 93.5 Å². The van der Waals surface area contributed by atoms with Crippen molar-refractivity contribution < 1.29 is 19.7 Å². The molecule has 0 heterocycles. The predicted octanol–water partition coefficient (Wildman–Crippen LogP) is 6.37. The topological polar surface area (TPSA) is 78.8 Å². The van der Waals surface area contributed by atoms with Crippen molar-refractivity contribution in [3.8, 4) is 11.1 Å². The van der Waals surface area contributed by atoms with E-state index < -0.39 is 12.1 Å². The van der Waals surface area contributed by atoms with E-state index in [0.29, 0.717) is 17.7 Å². The van der Waals surface area contributed by atoms with E-state index in [9.17, 15) is 15.0 Å². The first-order chi connectivity index (χ1) is 17.0. The molecule has 0 spiro atoms. The summed E-state index contributed by atoms with van der Waals surface area (Å²) in [4.78, 5) is 11.4. The van der Waals surface area contributed by atoms with Crippen molar-refractivity contribution >= 4 is 17.6 Å². The number of halogens is 1. The number of benzene rings is 3. The van der Waals surface area contributed by atoms with Gasteiger partial charge in [0.1, 0.15) is 0 Å². The maximum atomic E-state index is 11.4. The molecule has 3 aromatic rings. The Kier molecular flexibility index (Phi) is 9.31. The second-order valence-electron chi connectivity index (χ2n) is 10.1. The van der Waals surface area contributed by atoms with Gasteiger partial charge in [-0.05, 0) is 86.6 Å². The summed E-state index contributed by atoms with van der Waals surface area (Å²) in [5.74, 6) is -0.932. The molecule has 3 aromatic carbocycles. The number of aryl methyl sites for hydroxylation is 2. The first-order valence-electron chi connectivity index (χ1n) is 12.2. The first-order valence-corrected chi connectivity index (χ1v) is 12.6. The van der Waals surface area contributed by atoms with Crippen LogP contribution in [0.3, 0.4) is 0 Å². The van der Waals surface area contributed by atoms with Gasteiger partial charge in [0.15, 0.2) is 0 Å². The number of aromatic carboxylic acids is 1. The molecule has 0 aromatic heterocycles. The van der Waals surface area contributed by atoms with Gasteiger partial charge in [0.2, 0.25) is 0 Å². The van der Waals surface area contributed by atoms with Crippen LogP contribution in [0.2, 0.25) is 5.02 Å². The number of aliphatic hydroxyl groups is 1. The van der Waals surface area contributed by atoms with Gasteiger partial charge in [-0.15, -0.1) is 0 Å². The lowest BCUT2D eigenvalue weighted by molar-refractivity contribution is -0.00397. The number of carboxylic acids is 1. The minimum Gasteiger partial charge on any atom is -0.478 e. The highest BCUT2D eigenvalue weighted by Crippen LogP contribution is 2.31. The summed E-state index contributed by atoms with van der Waals surface area (Å²) in [6, 6.07) is 19.3. The Morgan fingerprint density at radius 3 is 2.44 bits per heavy atom. The van der Waals surface area contributed by atoms with E-state index >= 15 is 0 Å². The lowest BCUT2D eigenvalue weighted by atomic mass is 9.94. The van der Waals surface area contributed by atoms with E-state index in [1.165, 1.54) is 5.56 Å². The summed E-state index contributed by atoms with van der Waals surface area (Å²) in [6.45, 7) is 10.6. The highest BCUT2D eigenvalue weighted by molar-refractivity contribution is 6.31. The van der Waals surface area contributed by atoms with Crippen LogP contribution < -0.4 is 5.32 Å². The van der Waals surface area contributed by atoms with Crippen LogP contribution in [0, 0.1) is 13.8 Å². The van der Waals surface area contributed by atoms with Crippen LogP contribution in [0.1, 0.15) is 59.5 Å². The van der Waals surface area contributed by atoms with E-state index in [0.717, 1.165) is 33.7 Å². The highest BCUT2D eigenvalue weighted by Gasteiger charge is 2.21. The minimum atomic E-state index is -0.932. The van der Waals surface area contributed by atoms with Crippen molar-refractivity contribution in [2.75, 3.05) is 13.2 Å². The predicted molar refractivity (Wildman–Crippen MR) is 146 cm³/mol. The van der Waals surface area contributed by atoms with Crippen LogP contribution >= 0.6 is 11.6 Å². The SMILES string of the molecule is Cc1cc(CC(C)(C)NC[C@H](O)COC(C)c2ccccc2-c2ccc(C(=O)O)c(C)c2)ccc1Cl. The minimum absolute atomic E-state index is 0.190. The molecule has 0 aliphatic heterocycles. The van der Waals surface area contributed by atoms with E-state index in [-0.39, 0.29) is 18.2 Å². The molecule has 3 N–H and O–H groups in total. The first kappa shape index (κ1) is 27.9. The number of nitrogens with one attached hydrogen (secondary N) is 1. The standard InChI is InChI=1S/C30H36ClNO4/c1-19-15-23(11-12-25(19)29(34)35)27-9-7-6-8-26(27)21(3)36-18-24(33)17-32-30(4,5)16-22-10-13-28(31)20(2)14-22/h6-15,21,24,32-33H,16-18H2,1-5H3,(H,34,35)/t21?,24-/m0/s1. The molecular weight excluding hydrogens is 474 g/mol. The van der Waals surface area contributed by atoms with Gasteiger partial charge in [0.25, 0.3) is 0 Å². The quantitative estimate of drug-likeness (QED) is 0.280. The smallest absolute Gasteiger partial charge is 0.335 e. The Hall–Kier alpha value is -2.70. The Labute approximate surface area is 219 Å². The Balaban J connectivity index is 1.59. The zero-order chi connectivity index (χ0) is 26.5. The second-order valence-corrected chi connectivity index (χ2v) is 10.5. The van der Waals surface area contributed by atoms with Gasteiger partial charge in [0, 0.05) is 17.1 Å². The number of rotatable bonds is 11. The fraction of sp³-hybridized carbons (Fsp3) is 0.367. The molecule has 0 fully saturated rings. The third kappa shape index (κ3) is 7.40. The third-order valence-corrected chi connectivity index (χ3v) is 6.81. The molecule has 36 heavy (non-hydrogen) atoms. The van der Waals surface area contributed by atoms with E-state index in [1.807, 2.05) is 62.4 Å². The van der Waals surface area contributed by atoms with Gasteiger partial charge in [-0.25, -0.2) is 4.79 Å². The summed E-state index contributed by atoms with van der Waals surface area (Å²) in [7, 11) is 0. The largest absolute Gasteiger partial charge is 0.478 e. The van der Waals surface area contributed by atoms with Crippen LogP contribution in [0.4, 0.5) is 0 Å². The van der Waals surface area contributed by atoms with E-state index in [2.05, 4.69) is 25.2 Å². The Bertz CT molecular complexity index is 1210. The molecular formula is C30H36ClNO4. The molecule has 0 amide bonds. The van der Waals surface area contributed by atoms with Gasteiger partial charge in [-0.1, -0.05) is 60.1 Å². The van der Waals surface area contributed by atoms with Gasteiger partial charge >= 0.3 is 5.97 Å². The lowest BCUT2D eigenvalue weighted by Gasteiger charge is -2.28. The van der Waals surface area contributed by atoms with Crippen molar-refractivity contribution in [1.82, 2.24) is 5.32 Å². The second kappa shape index (κ2) is 12.0. The fourth-order valence-electron chi connectivity index (χ4n) is 4.37. The van der Waals surface area contributed by atoms with Crippen LogP contribution in [-0.2, 0) is 11.2 Å². The summed E-state index contributed by atoms with van der Waals surface area (Å²) in [6.07, 6.45) is -0.106. The zero-order valence-corrected chi connectivity index (χ0v) is 22.4. The summed E-state index contributed by atoms with van der Waals surface area (Å²) < 4.78 is 6.06. The molecule has 0 saturated heterocycles. The molecule has 0 radical (unpaired) electrons. The van der Waals surface area contributed by atoms with Crippen LogP contribution in [0.25, 0.3) is 11.1 Å². The van der Waals surface area contributed by atoms with Crippen LogP contribution in [0.15, 0.2) is 60.7 Å². The van der Waals surface area contributed by atoms with Gasteiger partial charge < -0.3 is 20.3 Å². The molecule has 0 aliphatic rings. The van der Waals surface area contributed by atoms with Crippen LogP contribution in [0.5, 0.6) is 0 Å². The number of aliphatic hydroxyl groups excluding tert-OH is 1. The lowest BCUT2D eigenvalue weighted by Crippen LogP contribution is -2.46. The monoisotopic (exact) mass is 509 g/mol. The van der Waals surface area contributed by atoms with Crippen molar-refractivity contribution in [1.29, 1.82) is 0 Å². The Morgan fingerprint density at radius 2 is 1.78 bits per heavy atom.